The maximum absolute atomic E-state index is 5.42. The number of benzene rings is 1. The topological polar surface area (TPSA) is 20.7 Å². The molecule has 0 saturated carbocycles. The lowest BCUT2D eigenvalue weighted by molar-refractivity contribution is 0.589. The molecule has 1 N–H and O–H groups in total. The molecule has 1 heterocycles. The predicted molar refractivity (Wildman–Crippen MR) is 88.7 cm³/mol. The van der Waals surface area contributed by atoms with Gasteiger partial charge < -0.3 is 9.55 Å². The van der Waals surface area contributed by atoms with Crippen molar-refractivity contribution >= 4 is 35.0 Å². The molecule has 2 aromatic rings. The van der Waals surface area contributed by atoms with Crippen LogP contribution in [0.1, 0.15) is 31.2 Å². The van der Waals surface area contributed by atoms with Crippen LogP contribution >= 0.6 is 24.0 Å². The molecular formula is C15H22N2S2. The molecule has 0 aliphatic carbocycles. The Balaban J connectivity index is 1.98. The number of aryl methyl sites for hydroxylation is 2. The summed E-state index contributed by atoms with van der Waals surface area (Å²) in [6, 6.07) is 6.46. The molecule has 104 valence electrons. The minimum Gasteiger partial charge on any atom is -0.331 e. The van der Waals surface area contributed by atoms with E-state index in [9.17, 15) is 0 Å². The third-order valence-corrected chi connectivity index (χ3v) is 4.43. The van der Waals surface area contributed by atoms with E-state index in [1.807, 2.05) is 11.8 Å². The minimum atomic E-state index is 0.852. The van der Waals surface area contributed by atoms with Crippen LogP contribution in [0, 0.1) is 11.7 Å². The summed E-state index contributed by atoms with van der Waals surface area (Å²) in [4.78, 5) is 3.29. The van der Waals surface area contributed by atoms with Crippen molar-refractivity contribution in [2.45, 2.75) is 39.2 Å². The lowest BCUT2D eigenvalue weighted by Crippen LogP contribution is -1.98. The first-order valence-corrected chi connectivity index (χ1v) is 8.70. The summed E-state index contributed by atoms with van der Waals surface area (Å²) in [6.07, 6.45) is 7.34. The molecule has 0 atom stereocenters. The van der Waals surface area contributed by atoms with E-state index >= 15 is 0 Å². The zero-order valence-electron chi connectivity index (χ0n) is 11.7. The Labute approximate surface area is 124 Å². The average molecular weight is 294 g/mol. The number of nitrogens with one attached hydrogen (secondary N) is 1. The lowest BCUT2D eigenvalue weighted by Gasteiger charge is -2.05. The van der Waals surface area contributed by atoms with E-state index in [0.29, 0.717) is 0 Å². The number of hydrogen-bond donors (Lipinski definition) is 1. The van der Waals surface area contributed by atoms with Crippen LogP contribution in [0.5, 0.6) is 0 Å². The number of unbranched alkanes of at least 4 members (excludes halogenated alkanes) is 3. The van der Waals surface area contributed by atoms with Crippen LogP contribution in [-0.4, -0.2) is 21.6 Å². The normalized spacial score (nSPS) is 11.3. The van der Waals surface area contributed by atoms with Gasteiger partial charge in [-0.1, -0.05) is 18.9 Å². The Bertz CT molecular complexity index is 583. The highest BCUT2D eigenvalue weighted by Gasteiger charge is 2.04. The number of thioether (sulfide) groups is 1. The van der Waals surface area contributed by atoms with Crippen molar-refractivity contribution in [1.29, 1.82) is 0 Å². The molecule has 1 aromatic carbocycles. The Morgan fingerprint density at radius 1 is 1.21 bits per heavy atom. The van der Waals surface area contributed by atoms with Crippen molar-refractivity contribution in [2.75, 3.05) is 12.0 Å². The number of aromatic nitrogens is 2. The Morgan fingerprint density at radius 2 is 2.00 bits per heavy atom. The van der Waals surface area contributed by atoms with E-state index in [1.54, 1.807) is 0 Å². The van der Waals surface area contributed by atoms with E-state index < -0.39 is 0 Å². The van der Waals surface area contributed by atoms with Crippen LogP contribution in [0.3, 0.4) is 0 Å². The summed E-state index contributed by atoms with van der Waals surface area (Å²) in [5, 5.41) is 0. The molecular weight excluding hydrogens is 272 g/mol. The summed E-state index contributed by atoms with van der Waals surface area (Å²) in [5.74, 6) is 1.28. The van der Waals surface area contributed by atoms with Crippen LogP contribution < -0.4 is 0 Å². The van der Waals surface area contributed by atoms with Crippen molar-refractivity contribution in [3.8, 4) is 0 Å². The number of nitrogens with zero attached hydrogens (tertiary/aromatic N) is 1. The van der Waals surface area contributed by atoms with Gasteiger partial charge in [0.25, 0.3) is 0 Å². The number of H-pyrrole nitrogens is 1. The van der Waals surface area contributed by atoms with E-state index in [4.69, 9.17) is 12.2 Å². The van der Waals surface area contributed by atoms with Crippen LogP contribution in [0.4, 0.5) is 0 Å². The summed E-state index contributed by atoms with van der Waals surface area (Å²) in [7, 11) is 0. The van der Waals surface area contributed by atoms with Gasteiger partial charge in [-0.15, -0.1) is 0 Å². The number of hydrogen-bond acceptors (Lipinski definition) is 2. The molecule has 0 aliphatic heterocycles. The predicted octanol–water partition coefficient (Wildman–Crippen LogP) is 4.93. The second kappa shape index (κ2) is 7.15. The monoisotopic (exact) mass is 294 g/mol. The van der Waals surface area contributed by atoms with Gasteiger partial charge in [-0.2, -0.15) is 11.8 Å². The maximum Gasteiger partial charge on any atom is 0.178 e. The van der Waals surface area contributed by atoms with E-state index in [0.717, 1.165) is 16.8 Å². The molecule has 0 radical (unpaired) electrons. The second-order valence-corrected chi connectivity index (χ2v) is 6.38. The van der Waals surface area contributed by atoms with Gasteiger partial charge >= 0.3 is 0 Å². The van der Waals surface area contributed by atoms with Crippen molar-refractivity contribution in [1.82, 2.24) is 9.55 Å². The fraction of sp³-hybridized carbons (Fsp3) is 0.533. The zero-order valence-corrected chi connectivity index (χ0v) is 13.4. The van der Waals surface area contributed by atoms with Crippen molar-refractivity contribution in [3.63, 3.8) is 0 Å². The highest BCUT2D eigenvalue weighted by atomic mass is 32.2. The van der Waals surface area contributed by atoms with Gasteiger partial charge in [0.05, 0.1) is 11.0 Å². The standard InChI is InChI=1S/C15H22N2S2/c1-12-7-8-13-14(11-12)17(15(18)16-13)9-5-3-4-6-10-19-2/h7-8,11H,3-6,9-10H2,1-2H3,(H,16,18). The summed E-state index contributed by atoms with van der Waals surface area (Å²) in [5.41, 5.74) is 3.68. The lowest BCUT2D eigenvalue weighted by atomic mass is 10.2. The molecule has 0 spiro atoms. The van der Waals surface area contributed by atoms with Crippen LogP contribution in [0.25, 0.3) is 11.0 Å². The van der Waals surface area contributed by atoms with E-state index in [1.165, 1.54) is 42.5 Å². The number of aromatic amines is 1. The fourth-order valence-electron chi connectivity index (χ4n) is 2.35. The number of rotatable bonds is 7. The molecule has 19 heavy (non-hydrogen) atoms. The van der Waals surface area contributed by atoms with Crippen molar-refractivity contribution < 1.29 is 0 Å². The summed E-state index contributed by atoms with van der Waals surface area (Å²) >= 11 is 7.36. The Morgan fingerprint density at radius 3 is 2.79 bits per heavy atom. The molecule has 4 heteroatoms. The largest absolute Gasteiger partial charge is 0.331 e. The van der Waals surface area contributed by atoms with E-state index in [2.05, 4.69) is 40.9 Å². The van der Waals surface area contributed by atoms with Crippen molar-refractivity contribution in [3.05, 3.63) is 28.5 Å². The number of imidazole rings is 1. The molecule has 2 rings (SSSR count). The summed E-state index contributed by atoms with van der Waals surface area (Å²) < 4.78 is 3.09. The first-order chi connectivity index (χ1) is 9.22. The SMILES string of the molecule is CSCCCCCCn1c(=S)[nH]c2ccc(C)cc21. The quantitative estimate of drug-likeness (QED) is 0.577. The molecule has 0 saturated heterocycles. The van der Waals surface area contributed by atoms with Crippen LogP contribution in [0.2, 0.25) is 0 Å². The molecule has 0 fully saturated rings. The molecule has 1 aromatic heterocycles. The number of fused-ring (bicyclic) bond motifs is 1. The second-order valence-electron chi connectivity index (χ2n) is 5.01. The first kappa shape index (κ1) is 14.7. The third-order valence-electron chi connectivity index (χ3n) is 3.41. The highest BCUT2D eigenvalue weighted by molar-refractivity contribution is 7.98. The summed E-state index contributed by atoms with van der Waals surface area (Å²) in [6.45, 7) is 3.16. The van der Waals surface area contributed by atoms with Gasteiger partial charge in [0.1, 0.15) is 0 Å². The maximum atomic E-state index is 5.42. The molecule has 0 bridgehead atoms. The third kappa shape index (κ3) is 3.86. The molecule has 2 nitrogen and oxygen atoms in total. The van der Waals surface area contributed by atoms with Gasteiger partial charge in [-0.05, 0) is 61.7 Å². The van der Waals surface area contributed by atoms with Crippen LogP contribution in [-0.2, 0) is 6.54 Å². The first-order valence-electron chi connectivity index (χ1n) is 6.90. The van der Waals surface area contributed by atoms with Gasteiger partial charge in [-0.25, -0.2) is 0 Å². The Hall–Kier alpha value is -0.740. The molecule has 0 aliphatic rings. The van der Waals surface area contributed by atoms with Crippen molar-refractivity contribution in [2.24, 2.45) is 0 Å². The van der Waals surface area contributed by atoms with Crippen LogP contribution in [0.15, 0.2) is 18.2 Å². The van der Waals surface area contributed by atoms with Gasteiger partial charge in [0.15, 0.2) is 4.77 Å². The fourth-order valence-corrected chi connectivity index (χ4v) is 3.15. The Kier molecular flexibility index (Phi) is 5.52. The van der Waals surface area contributed by atoms with E-state index in [-0.39, 0.29) is 0 Å². The highest BCUT2D eigenvalue weighted by Crippen LogP contribution is 2.17. The molecule has 0 unspecified atom stereocenters. The van der Waals surface area contributed by atoms with Gasteiger partial charge in [-0.3, -0.25) is 0 Å². The minimum absolute atomic E-state index is 0.852. The average Bonchev–Trinajstić information content (AvgIpc) is 2.69. The van der Waals surface area contributed by atoms with Gasteiger partial charge in [0, 0.05) is 6.54 Å². The zero-order chi connectivity index (χ0) is 13.7. The smallest absolute Gasteiger partial charge is 0.178 e. The van der Waals surface area contributed by atoms with Gasteiger partial charge in [0.2, 0.25) is 0 Å². The molecule has 0 amide bonds.